The van der Waals surface area contributed by atoms with Crippen LogP contribution in [0.2, 0.25) is 0 Å². The van der Waals surface area contributed by atoms with E-state index in [1.54, 1.807) is 30.3 Å². The largest absolute Gasteiger partial charge is 0.347 e. The summed E-state index contributed by atoms with van der Waals surface area (Å²) in [5.74, 6) is -0.0933. The van der Waals surface area contributed by atoms with Crippen LogP contribution in [-0.2, 0) is 0 Å². The third kappa shape index (κ3) is 2.70. The van der Waals surface area contributed by atoms with E-state index in [0.717, 1.165) is 17.7 Å². The fraction of sp³-hybridized carbons (Fsp3) is 0.353. The number of nitro groups is 1. The number of rotatable bonds is 4. The summed E-state index contributed by atoms with van der Waals surface area (Å²) in [5.41, 5.74) is 0.608. The molecule has 1 aromatic heterocycles. The second-order valence-corrected chi connectivity index (χ2v) is 7.39. The van der Waals surface area contributed by atoms with Gasteiger partial charge in [0.15, 0.2) is 0 Å². The number of thiophene rings is 1. The Morgan fingerprint density at radius 2 is 2.08 bits per heavy atom. The van der Waals surface area contributed by atoms with Crippen molar-refractivity contribution >= 4 is 22.9 Å². The van der Waals surface area contributed by atoms with Crippen LogP contribution < -0.4 is 10.6 Å². The van der Waals surface area contributed by atoms with E-state index in [4.69, 9.17) is 0 Å². The first-order valence-electron chi connectivity index (χ1n) is 8.02. The lowest BCUT2D eigenvalue weighted by molar-refractivity contribution is -0.384. The van der Waals surface area contributed by atoms with Gasteiger partial charge in [-0.15, -0.1) is 11.3 Å². The van der Waals surface area contributed by atoms with Crippen molar-refractivity contribution in [3.63, 3.8) is 0 Å². The average molecular weight is 343 g/mol. The first-order valence-corrected chi connectivity index (χ1v) is 8.84. The molecule has 1 aromatic carbocycles. The predicted octanol–water partition coefficient (Wildman–Crippen LogP) is 2.95. The van der Waals surface area contributed by atoms with E-state index >= 15 is 0 Å². The molecule has 3 heterocycles. The van der Waals surface area contributed by atoms with Crippen LogP contribution in [0.25, 0.3) is 10.4 Å². The number of nitrogens with zero attached hydrogens (tertiary/aromatic N) is 1. The Bertz CT molecular complexity index is 804. The van der Waals surface area contributed by atoms with Gasteiger partial charge in [-0.1, -0.05) is 12.1 Å². The minimum atomic E-state index is -0.393. The lowest BCUT2D eigenvalue weighted by Crippen LogP contribution is -2.42. The Hall–Kier alpha value is -2.25. The topological polar surface area (TPSA) is 84.3 Å². The van der Waals surface area contributed by atoms with Gasteiger partial charge >= 0.3 is 0 Å². The van der Waals surface area contributed by atoms with Crippen LogP contribution in [-0.4, -0.2) is 29.0 Å². The molecular weight excluding hydrogens is 326 g/mol. The van der Waals surface area contributed by atoms with E-state index in [0.29, 0.717) is 22.5 Å². The Labute approximate surface area is 143 Å². The van der Waals surface area contributed by atoms with Gasteiger partial charge in [0.25, 0.3) is 11.6 Å². The maximum atomic E-state index is 12.5. The minimum absolute atomic E-state index is 0.0589. The highest BCUT2D eigenvalue weighted by molar-refractivity contribution is 7.17. The summed E-state index contributed by atoms with van der Waals surface area (Å²) in [4.78, 5) is 24.6. The third-order valence-corrected chi connectivity index (χ3v) is 5.93. The van der Waals surface area contributed by atoms with Gasteiger partial charge in [-0.3, -0.25) is 14.9 Å². The third-order valence-electron chi connectivity index (χ3n) is 4.81. The molecule has 2 aromatic rings. The van der Waals surface area contributed by atoms with Crippen molar-refractivity contribution in [2.24, 2.45) is 0 Å². The summed E-state index contributed by atoms with van der Waals surface area (Å²) in [6, 6.07) is 11.2. The second-order valence-electron chi connectivity index (χ2n) is 6.30. The van der Waals surface area contributed by atoms with Crippen LogP contribution in [0, 0.1) is 10.1 Å². The van der Waals surface area contributed by atoms with Crippen molar-refractivity contribution in [1.82, 2.24) is 10.6 Å². The smallest absolute Gasteiger partial charge is 0.278 e. The first-order chi connectivity index (χ1) is 11.6. The quantitative estimate of drug-likeness (QED) is 0.660. The molecule has 0 radical (unpaired) electrons. The summed E-state index contributed by atoms with van der Waals surface area (Å²) in [6.07, 6.45) is 3.29. The number of benzene rings is 1. The predicted molar refractivity (Wildman–Crippen MR) is 92.2 cm³/mol. The summed E-state index contributed by atoms with van der Waals surface area (Å²) in [7, 11) is 0. The molecule has 4 rings (SSSR count). The van der Waals surface area contributed by atoms with Gasteiger partial charge in [0, 0.05) is 29.1 Å². The van der Waals surface area contributed by atoms with Crippen LogP contribution in [0.15, 0.2) is 36.4 Å². The van der Waals surface area contributed by atoms with Crippen molar-refractivity contribution < 1.29 is 9.72 Å². The molecule has 3 atom stereocenters. The molecule has 2 saturated heterocycles. The molecule has 24 heavy (non-hydrogen) atoms. The van der Waals surface area contributed by atoms with Crippen LogP contribution in [0.4, 0.5) is 5.69 Å². The Kier molecular flexibility index (Phi) is 3.82. The van der Waals surface area contributed by atoms with Gasteiger partial charge in [0.2, 0.25) is 0 Å². The fourth-order valence-electron chi connectivity index (χ4n) is 3.67. The number of para-hydroxylation sites is 1. The van der Waals surface area contributed by atoms with Crippen molar-refractivity contribution in [2.45, 2.75) is 37.4 Å². The summed E-state index contributed by atoms with van der Waals surface area (Å²) >= 11 is 1.29. The van der Waals surface area contributed by atoms with Gasteiger partial charge in [-0.25, -0.2) is 0 Å². The Morgan fingerprint density at radius 1 is 1.25 bits per heavy atom. The number of carbonyl (C=O) groups excluding carboxylic acids is 1. The van der Waals surface area contributed by atoms with Gasteiger partial charge in [0.1, 0.15) is 0 Å². The highest BCUT2D eigenvalue weighted by atomic mass is 32.1. The van der Waals surface area contributed by atoms with Crippen molar-refractivity contribution in [3.8, 4) is 10.4 Å². The fourth-order valence-corrected chi connectivity index (χ4v) is 4.61. The zero-order chi connectivity index (χ0) is 16.7. The molecular formula is C17H17N3O3S. The van der Waals surface area contributed by atoms with Gasteiger partial charge < -0.3 is 10.6 Å². The van der Waals surface area contributed by atoms with E-state index in [2.05, 4.69) is 10.6 Å². The monoisotopic (exact) mass is 343 g/mol. The molecule has 2 aliphatic heterocycles. The Balaban J connectivity index is 1.53. The second kappa shape index (κ2) is 5.99. The van der Waals surface area contributed by atoms with Crippen LogP contribution in [0.3, 0.4) is 0 Å². The first kappa shape index (κ1) is 15.3. The van der Waals surface area contributed by atoms with Gasteiger partial charge in [-0.05, 0) is 37.5 Å². The van der Waals surface area contributed by atoms with E-state index in [1.807, 2.05) is 0 Å². The molecule has 2 fully saturated rings. The van der Waals surface area contributed by atoms with E-state index in [-0.39, 0.29) is 17.6 Å². The molecule has 0 saturated carbocycles. The molecule has 0 spiro atoms. The minimum Gasteiger partial charge on any atom is -0.347 e. The lowest BCUT2D eigenvalue weighted by atomic mass is 9.95. The number of hydrogen-bond donors (Lipinski definition) is 2. The zero-order valence-corrected chi connectivity index (χ0v) is 13.7. The van der Waals surface area contributed by atoms with E-state index < -0.39 is 4.92 Å². The van der Waals surface area contributed by atoms with E-state index in [9.17, 15) is 14.9 Å². The molecule has 2 N–H and O–H groups in total. The van der Waals surface area contributed by atoms with Crippen LogP contribution >= 0.6 is 11.3 Å². The van der Waals surface area contributed by atoms with Crippen molar-refractivity contribution in [2.75, 3.05) is 0 Å². The highest BCUT2D eigenvalue weighted by Gasteiger charge is 2.39. The number of nitrogens with one attached hydrogen (secondary N) is 2. The summed E-state index contributed by atoms with van der Waals surface area (Å²) in [6.45, 7) is 0. The molecule has 3 unspecified atom stereocenters. The molecule has 1 amide bonds. The lowest BCUT2D eigenvalue weighted by Gasteiger charge is -2.20. The molecule has 0 aliphatic carbocycles. The maximum absolute atomic E-state index is 12.5. The summed E-state index contributed by atoms with van der Waals surface area (Å²) < 4.78 is 0. The maximum Gasteiger partial charge on any atom is 0.278 e. The van der Waals surface area contributed by atoms with Gasteiger partial charge in [-0.2, -0.15) is 0 Å². The number of hydrogen-bond acceptors (Lipinski definition) is 5. The summed E-state index contributed by atoms with van der Waals surface area (Å²) in [5, 5.41) is 17.8. The average Bonchev–Trinajstić information content (AvgIpc) is 3.31. The van der Waals surface area contributed by atoms with Crippen molar-refractivity contribution in [1.29, 1.82) is 0 Å². The van der Waals surface area contributed by atoms with E-state index in [1.165, 1.54) is 23.8 Å². The van der Waals surface area contributed by atoms with Crippen LogP contribution in [0.1, 0.15) is 28.9 Å². The van der Waals surface area contributed by atoms with Crippen molar-refractivity contribution in [3.05, 3.63) is 51.4 Å². The molecule has 2 bridgehead atoms. The molecule has 7 heteroatoms. The highest BCUT2D eigenvalue weighted by Crippen LogP contribution is 2.35. The Morgan fingerprint density at radius 3 is 2.79 bits per heavy atom. The standard InChI is InChI=1S/C17H17N3O3S/c21-17(19-13-9-10-5-6-12(13)18-10)16-8-7-15(24-16)11-3-1-2-4-14(11)20(22)23/h1-4,7-8,10,12-13,18H,5-6,9H2,(H,19,21). The zero-order valence-electron chi connectivity index (χ0n) is 12.9. The van der Waals surface area contributed by atoms with Crippen LogP contribution in [0.5, 0.6) is 0 Å². The SMILES string of the molecule is O=C(NC1CC2CCC1N2)c1ccc(-c2ccccc2[N+](=O)[O-])s1. The molecule has 6 nitrogen and oxygen atoms in total. The number of nitro benzene ring substituents is 1. The molecule has 124 valence electrons. The number of amides is 1. The molecule has 2 aliphatic rings. The number of fused-ring (bicyclic) bond motifs is 2. The normalized spacial score (nSPS) is 24.9. The van der Waals surface area contributed by atoms with Gasteiger partial charge in [0.05, 0.1) is 15.4 Å². The number of carbonyl (C=O) groups is 1.